The SMILES string of the molecule is CNCc1cc(F)cnc1N1CCCc2ccccc2C1. The van der Waals surface area contributed by atoms with Crippen LogP contribution in [-0.4, -0.2) is 18.6 Å². The Hall–Kier alpha value is -1.94. The number of halogens is 1. The molecule has 4 heteroatoms. The average molecular weight is 285 g/mol. The van der Waals surface area contributed by atoms with Crippen LogP contribution < -0.4 is 10.2 Å². The van der Waals surface area contributed by atoms with Crippen LogP contribution >= 0.6 is 0 Å². The van der Waals surface area contributed by atoms with E-state index in [1.807, 2.05) is 7.05 Å². The Morgan fingerprint density at radius 2 is 2.10 bits per heavy atom. The van der Waals surface area contributed by atoms with Crippen LogP contribution in [-0.2, 0) is 19.5 Å². The van der Waals surface area contributed by atoms with Crippen LogP contribution in [0.15, 0.2) is 36.5 Å². The molecule has 0 fully saturated rings. The summed E-state index contributed by atoms with van der Waals surface area (Å²) < 4.78 is 13.4. The lowest BCUT2D eigenvalue weighted by Gasteiger charge is -2.24. The Kier molecular flexibility index (Phi) is 4.15. The summed E-state index contributed by atoms with van der Waals surface area (Å²) in [6.45, 7) is 2.41. The number of aryl methyl sites for hydroxylation is 1. The summed E-state index contributed by atoms with van der Waals surface area (Å²) in [5.74, 6) is 0.613. The van der Waals surface area contributed by atoms with Gasteiger partial charge in [0.2, 0.25) is 0 Å². The van der Waals surface area contributed by atoms with E-state index in [0.717, 1.165) is 37.3 Å². The zero-order valence-electron chi connectivity index (χ0n) is 12.3. The number of nitrogens with zero attached hydrogens (tertiary/aromatic N) is 2. The van der Waals surface area contributed by atoms with Gasteiger partial charge in [0, 0.05) is 25.2 Å². The maximum atomic E-state index is 13.4. The van der Waals surface area contributed by atoms with Crippen LogP contribution in [0, 0.1) is 5.82 Å². The smallest absolute Gasteiger partial charge is 0.141 e. The highest BCUT2D eigenvalue weighted by molar-refractivity contribution is 5.49. The van der Waals surface area contributed by atoms with Crippen molar-refractivity contribution in [2.45, 2.75) is 25.9 Å². The van der Waals surface area contributed by atoms with E-state index in [1.165, 1.54) is 17.3 Å². The zero-order chi connectivity index (χ0) is 14.7. The predicted molar refractivity (Wildman–Crippen MR) is 82.8 cm³/mol. The molecule has 2 aromatic rings. The Labute approximate surface area is 124 Å². The normalized spacial score (nSPS) is 14.7. The summed E-state index contributed by atoms with van der Waals surface area (Å²) in [4.78, 5) is 6.61. The van der Waals surface area contributed by atoms with Gasteiger partial charge in [-0.2, -0.15) is 0 Å². The number of nitrogens with one attached hydrogen (secondary N) is 1. The number of aromatic nitrogens is 1. The zero-order valence-corrected chi connectivity index (χ0v) is 12.3. The van der Waals surface area contributed by atoms with Crippen LogP contribution in [0.4, 0.5) is 10.2 Å². The van der Waals surface area contributed by atoms with Gasteiger partial charge in [-0.25, -0.2) is 9.37 Å². The van der Waals surface area contributed by atoms with E-state index in [2.05, 4.69) is 39.5 Å². The van der Waals surface area contributed by atoms with E-state index >= 15 is 0 Å². The predicted octanol–water partition coefficient (Wildman–Crippen LogP) is 2.89. The second kappa shape index (κ2) is 6.22. The number of rotatable bonds is 3. The lowest BCUT2D eigenvalue weighted by atomic mass is 10.0. The van der Waals surface area contributed by atoms with Crippen molar-refractivity contribution >= 4 is 5.82 Å². The van der Waals surface area contributed by atoms with E-state index in [-0.39, 0.29) is 5.82 Å². The summed E-state index contributed by atoms with van der Waals surface area (Å²) in [6.07, 6.45) is 3.50. The molecule has 0 amide bonds. The molecule has 0 bridgehead atoms. The highest BCUT2D eigenvalue weighted by Crippen LogP contribution is 2.25. The van der Waals surface area contributed by atoms with Crippen LogP contribution in [0.1, 0.15) is 23.1 Å². The number of hydrogen-bond acceptors (Lipinski definition) is 3. The minimum atomic E-state index is -0.278. The second-order valence-electron chi connectivity index (χ2n) is 5.46. The molecule has 0 radical (unpaired) electrons. The third-order valence-corrected chi connectivity index (χ3v) is 3.93. The fraction of sp³-hybridized carbons (Fsp3) is 0.353. The Balaban J connectivity index is 1.94. The molecule has 1 N–H and O–H groups in total. The van der Waals surface area contributed by atoms with Crippen LogP contribution in [0.5, 0.6) is 0 Å². The van der Waals surface area contributed by atoms with Crippen molar-refractivity contribution in [3.8, 4) is 0 Å². The third kappa shape index (κ3) is 3.05. The standard InChI is InChI=1S/C17H20FN3/c1-19-10-15-9-16(18)11-20-17(15)21-8-4-7-13-5-2-3-6-14(13)12-21/h2-3,5-6,9,11,19H,4,7-8,10,12H2,1H3. The van der Waals surface area contributed by atoms with Crippen molar-refractivity contribution in [1.29, 1.82) is 0 Å². The molecule has 1 aromatic carbocycles. The number of benzene rings is 1. The highest BCUT2D eigenvalue weighted by atomic mass is 19.1. The molecule has 1 aromatic heterocycles. The molecule has 0 unspecified atom stereocenters. The van der Waals surface area contributed by atoms with Gasteiger partial charge in [0.1, 0.15) is 11.6 Å². The van der Waals surface area contributed by atoms with Crippen LogP contribution in [0.3, 0.4) is 0 Å². The molecule has 2 heterocycles. The summed E-state index contributed by atoms with van der Waals surface area (Å²) in [5.41, 5.74) is 3.67. The third-order valence-electron chi connectivity index (χ3n) is 3.93. The number of hydrogen-bond donors (Lipinski definition) is 1. The molecule has 110 valence electrons. The van der Waals surface area contributed by atoms with E-state index in [9.17, 15) is 4.39 Å². The molecular weight excluding hydrogens is 265 g/mol. The number of pyridine rings is 1. The topological polar surface area (TPSA) is 28.2 Å². The van der Waals surface area contributed by atoms with Gasteiger partial charge in [0.15, 0.2) is 0 Å². The molecule has 3 nitrogen and oxygen atoms in total. The molecule has 0 aliphatic carbocycles. The van der Waals surface area contributed by atoms with Gasteiger partial charge in [-0.3, -0.25) is 0 Å². The molecule has 21 heavy (non-hydrogen) atoms. The minimum Gasteiger partial charge on any atom is -0.352 e. The van der Waals surface area contributed by atoms with Crippen molar-refractivity contribution in [1.82, 2.24) is 10.3 Å². The average Bonchev–Trinajstić information content (AvgIpc) is 2.70. The molecule has 0 saturated heterocycles. The van der Waals surface area contributed by atoms with Gasteiger partial charge in [-0.15, -0.1) is 0 Å². The maximum absolute atomic E-state index is 13.4. The second-order valence-corrected chi connectivity index (χ2v) is 5.46. The van der Waals surface area contributed by atoms with Gasteiger partial charge >= 0.3 is 0 Å². The number of anilines is 1. The largest absolute Gasteiger partial charge is 0.352 e. The Morgan fingerprint density at radius 1 is 1.29 bits per heavy atom. The Bertz CT molecular complexity index is 627. The first-order valence-electron chi connectivity index (χ1n) is 7.38. The van der Waals surface area contributed by atoms with Crippen molar-refractivity contribution in [3.63, 3.8) is 0 Å². The quantitative estimate of drug-likeness (QED) is 0.940. The van der Waals surface area contributed by atoms with Crippen molar-refractivity contribution in [2.75, 3.05) is 18.5 Å². The number of fused-ring (bicyclic) bond motifs is 1. The summed E-state index contributed by atoms with van der Waals surface area (Å²) in [6, 6.07) is 10.1. The molecule has 0 saturated carbocycles. The molecular formula is C17H20FN3. The van der Waals surface area contributed by atoms with E-state index in [1.54, 1.807) is 6.07 Å². The first-order valence-corrected chi connectivity index (χ1v) is 7.38. The highest BCUT2D eigenvalue weighted by Gasteiger charge is 2.18. The van der Waals surface area contributed by atoms with Crippen molar-refractivity contribution in [2.24, 2.45) is 0 Å². The monoisotopic (exact) mass is 285 g/mol. The van der Waals surface area contributed by atoms with Gasteiger partial charge in [0.25, 0.3) is 0 Å². The molecule has 3 rings (SSSR count). The summed E-state index contributed by atoms with van der Waals surface area (Å²) >= 11 is 0. The van der Waals surface area contributed by atoms with Gasteiger partial charge in [-0.05, 0) is 37.1 Å². The molecule has 1 aliphatic heterocycles. The van der Waals surface area contributed by atoms with E-state index in [4.69, 9.17) is 0 Å². The van der Waals surface area contributed by atoms with Gasteiger partial charge in [0.05, 0.1) is 6.20 Å². The van der Waals surface area contributed by atoms with Gasteiger partial charge in [-0.1, -0.05) is 24.3 Å². The van der Waals surface area contributed by atoms with Crippen molar-refractivity contribution in [3.05, 3.63) is 59.0 Å². The summed E-state index contributed by atoms with van der Waals surface area (Å²) in [5, 5.41) is 3.09. The lowest BCUT2D eigenvalue weighted by Crippen LogP contribution is -2.26. The summed E-state index contributed by atoms with van der Waals surface area (Å²) in [7, 11) is 1.87. The Morgan fingerprint density at radius 3 is 2.90 bits per heavy atom. The van der Waals surface area contributed by atoms with Gasteiger partial charge < -0.3 is 10.2 Å². The fourth-order valence-electron chi connectivity index (χ4n) is 2.96. The molecule has 0 atom stereocenters. The van der Waals surface area contributed by atoms with Crippen LogP contribution in [0.25, 0.3) is 0 Å². The fourth-order valence-corrected chi connectivity index (χ4v) is 2.96. The van der Waals surface area contributed by atoms with Crippen molar-refractivity contribution < 1.29 is 4.39 Å². The first-order chi connectivity index (χ1) is 10.3. The van der Waals surface area contributed by atoms with E-state index < -0.39 is 0 Å². The molecule has 1 aliphatic rings. The van der Waals surface area contributed by atoms with Crippen LogP contribution in [0.2, 0.25) is 0 Å². The first kappa shape index (κ1) is 14.0. The van der Waals surface area contributed by atoms with E-state index in [0.29, 0.717) is 6.54 Å². The lowest BCUT2D eigenvalue weighted by molar-refractivity contribution is 0.614. The maximum Gasteiger partial charge on any atom is 0.141 e. The minimum absolute atomic E-state index is 0.278. The molecule has 0 spiro atoms.